The number of carbonyl (C=O) groups is 2. The third-order valence-electron chi connectivity index (χ3n) is 7.37. The van der Waals surface area contributed by atoms with Gasteiger partial charge < -0.3 is 9.80 Å². The van der Waals surface area contributed by atoms with Crippen molar-refractivity contribution in [2.45, 2.75) is 13.5 Å². The molecule has 0 bridgehead atoms. The first-order valence-corrected chi connectivity index (χ1v) is 14.5. The Balaban J connectivity index is 1.44. The Bertz CT molecular complexity index is 1820. The van der Waals surface area contributed by atoms with Gasteiger partial charge in [-0.25, -0.2) is 9.37 Å². The second-order valence-corrected chi connectivity index (χ2v) is 11.3. The molecular weight excluding hydrogens is 593 g/mol. The van der Waals surface area contributed by atoms with Crippen molar-refractivity contribution < 1.29 is 14.0 Å². The van der Waals surface area contributed by atoms with Crippen LogP contribution >= 0.6 is 15.9 Å². The summed E-state index contributed by atoms with van der Waals surface area (Å²) in [4.78, 5) is 36.5. The average Bonchev–Trinajstić information content (AvgIpc) is 3.11. The molecule has 1 atom stereocenters. The number of pyridine rings is 1. The topological polar surface area (TPSA) is 53.5 Å². The standard InChI is InChI=1S/C35H27BrFN3O2/c1-23-21-39(32-9-5-6-10-33(32)40(34(23)41)22-25-7-3-2-4-8-25)35(42)30-20-28(17-13-24-11-15-27(37)16-12-24)38-31-18-14-26(36)19-29(30)31/h2-20,23H,21-22H2,1H3/b17-13+. The minimum absolute atomic E-state index is 0.0353. The van der Waals surface area contributed by atoms with Crippen LogP contribution in [0.5, 0.6) is 0 Å². The number of halogens is 2. The molecule has 1 aliphatic heterocycles. The molecule has 1 aliphatic rings. The van der Waals surface area contributed by atoms with Gasteiger partial charge >= 0.3 is 0 Å². The lowest BCUT2D eigenvalue weighted by Gasteiger charge is -2.26. The van der Waals surface area contributed by atoms with E-state index in [1.807, 2.05) is 91.9 Å². The van der Waals surface area contributed by atoms with Gasteiger partial charge in [0.2, 0.25) is 5.91 Å². The van der Waals surface area contributed by atoms with Crippen molar-refractivity contribution in [2.24, 2.45) is 5.92 Å². The van der Waals surface area contributed by atoms with E-state index in [0.29, 0.717) is 40.1 Å². The van der Waals surface area contributed by atoms with E-state index in [4.69, 9.17) is 4.98 Å². The predicted octanol–water partition coefficient (Wildman–Crippen LogP) is 8.14. The van der Waals surface area contributed by atoms with Gasteiger partial charge in [-0.3, -0.25) is 9.59 Å². The Hall–Kier alpha value is -4.62. The van der Waals surface area contributed by atoms with Gasteiger partial charge in [-0.05, 0) is 65.7 Å². The highest BCUT2D eigenvalue weighted by atomic mass is 79.9. The smallest absolute Gasteiger partial charge is 0.259 e. The van der Waals surface area contributed by atoms with Crippen LogP contribution < -0.4 is 9.80 Å². The SMILES string of the molecule is CC1CN(C(=O)c2cc(/C=C/c3ccc(F)cc3)nc3ccc(Br)cc23)c2ccccc2N(Cc2ccccc2)C1=O. The first kappa shape index (κ1) is 27.5. The van der Waals surface area contributed by atoms with E-state index in [-0.39, 0.29) is 24.2 Å². The fourth-order valence-corrected chi connectivity index (χ4v) is 5.62. The van der Waals surface area contributed by atoms with Gasteiger partial charge in [-0.2, -0.15) is 0 Å². The van der Waals surface area contributed by atoms with Gasteiger partial charge in [0.1, 0.15) is 5.82 Å². The van der Waals surface area contributed by atoms with Gasteiger partial charge in [0.05, 0.1) is 40.6 Å². The van der Waals surface area contributed by atoms with E-state index >= 15 is 0 Å². The molecule has 2 amide bonds. The van der Waals surface area contributed by atoms with Crippen molar-refractivity contribution in [3.8, 4) is 0 Å². The number of fused-ring (bicyclic) bond motifs is 2. The monoisotopic (exact) mass is 619 g/mol. The first-order valence-electron chi connectivity index (χ1n) is 13.7. The molecule has 42 heavy (non-hydrogen) atoms. The molecular formula is C35H27BrFN3O2. The molecule has 1 aromatic heterocycles. The third kappa shape index (κ3) is 5.60. The molecule has 208 valence electrons. The maximum Gasteiger partial charge on any atom is 0.259 e. The van der Waals surface area contributed by atoms with Crippen LogP contribution in [0, 0.1) is 11.7 Å². The molecule has 0 spiro atoms. The zero-order chi connectivity index (χ0) is 29.2. The number of amides is 2. The lowest BCUT2D eigenvalue weighted by Crippen LogP contribution is -2.38. The van der Waals surface area contributed by atoms with E-state index in [1.165, 1.54) is 12.1 Å². The van der Waals surface area contributed by atoms with Crippen molar-refractivity contribution in [2.75, 3.05) is 16.3 Å². The summed E-state index contributed by atoms with van der Waals surface area (Å²) in [5, 5.41) is 0.704. The lowest BCUT2D eigenvalue weighted by molar-refractivity contribution is -0.121. The molecule has 1 unspecified atom stereocenters. The Labute approximate surface area is 252 Å². The summed E-state index contributed by atoms with van der Waals surface area (Å²) in [5.41, 5.74) is 4.94. The van der Waals surface area contributed by atoms with Crippen molar-refractivity contribution in [1.82, 2.24) is 4.98 Å². The number of nitrogens with zero attached hydrogens (tertiary/aromatic N) is 3. The van der Waals surface area contributed by atoms with Crippen LogP contribution in [0.3, 0.4) is 0 Å². The first-order chi connectivity index (χ1) is 20.4. The second-order valence-electron chi connectivity index (χ2n) is 10.4. The summed E-state index contributed by atoms with van der Waals surface area (Å²) in [6.07, 6.45) is 3.65. The largest absolute Gasteiger partial charge is 0.306 e. The third-order valence-corrected chi connectivity index (χ3v) is 7.87. The fraction of sp³-hybridized carbons (Fsp3) is 0.114. The number of carbonyl (C=O) groups excluding carboxylic acids is 2. The molecule has 5 aromatic rings. The predicted molar refractivity (Wildman–Crippen MR) is 170 cm³/mol. The van der Waals surface area contributed by atoms with E-state index in [0.717, 1.165) is 15.6 Å². The van der Waals surface area contributed by atoms with Crippen LogP contribution in [0.4, 0.5) is 15.8 Å². The molecule has 0 fully saturated rings. The Morgan fingerprint density at radius 3 is 2.40 bits per heavy atom. The Morgan fingerprint density at radius 2 is 1.64 bits per heavy atom. The van der Waals surface area contributed by atoms with Crippen LogP contribution in [-0.4, -0.2) is 23.3 Å². The van der Waals surface area contributed by atoms with Crippen molar-refractivity contribution >= 4 is 62.2 Å². The summed E-state index contributed by atoms with van der Waals surface area (Å²) in [5.74, 6) is -0.984. The van der Waals surface area contributed by atoms with Crippen LogP contribution in [-0.2, 0) is 11.3 Å². The van der Waals surface area contributed by atoms with Crippen LogP contribution in [0.15, 0.2) is 108 Å². The van der Waals surface area contributed by atoms with Gasteiger partial charge in [0, 0.05) is 16.4 Å². The number of anilines is 2. The maximum absolute atomic E-state index is 14.5. The summed E-state index contributed by atoms with van der Waals surface area (Å²) in [6, 6.07) is 31.0. The van der Waals surface area contributed by atoms with Crippen LogP contribution in [0.25, 0.3) is 23.1 Å². The molecule has 0 saturated heterocycles. The molecule has 5 nitrogen and oxygen atoms in total. The second kappa shape index (κ2) is 11.7. The average molecular weight is 621 g/mol. The van der Waals surface area contributed by atoms with Gasteiger partial charge in [-0.15, -0.1) is 0 Å². The number of benzene rings is 4. The van der Waals surface area contributed by atoms with E-state index < -0.39 is 5.92 Å². The van der Waals surface area contributed by atoms with Crippen LogP contribution in [0.1, 0.15) is 34.1 Å². The molecule has 0 radical (unpaired) electrons. The Kier molecular flexibility index (Phi) is 7.68. The summed E-state index contributed by atoms with van der Waals surface area (Å²) >= 11 is 3.54. The number of rotatable bonds is 5. The number of para-hydroxylation sites is 2. The molecule has 7 heteroatoms. The van der Waals surface area contributed by atoms with Gasteiger partial charge in [0.15, 0.2) is 0 Å². The lowest BCUT2D eigenvalue weighted by atomic mass is 10.0. The molecule has 6 rings (SSSR count). The summed E-state index contributed by atoms with van der Waals surface area (Å²) in [6.45, 7) is 2.51. The number of hydrogen-bond acceptors (Lipinski definition) is 3. The minimum Gasteiger partial charge on any atom is -0.306 e. The fourth-order valence-electron chi connectivity index (χ4n) is 5.26. The number of aromatic nitrogens is 1. The summed E-state index contributed by atoms with van der Waals surface area (Å²) < 4.78 is 14.2. The Morgan fingerprint density at radius 1 is 0.929 bits per heavy atom. The quantitative estimate of drug-likeness (QED) is 0.199. The van der Waals surface area contributed by atoms with Gasteiger partial charge in [0.25, 0.3) is 5.91 Å². The highest BCUT2D eigenvalue weighted by molar-refractivity contribution is 9.10. The summed E-state index contributed by atoms with van der Waals surface area (Å²) in [7, 11) is 0. The zero-order valence-electron chi connectivity index (χ0n) is 22.9. The minimum atomic E-state index is -0.428. The van der Waals surface area contributed by atoms with Crippen LogP contribution in [0.2, 0.25) is 0 Å². The van der Waals surface area contributed by atoms with Crippen molar-refractivity contribution in [3.05, 3.63) is 136 Å². The van der Waals surface area contributed by atoms with E-state index in [2.05, 4.69) is 15.9 Å². The molecule has 2 heterocycles. The van der Waals surface area contributed by atoms with Crippen molar-refractivity contribution in [1.29, 1.82) is 0 Å². The highest BCUT2D eigenvalue weighted by Crippen LogP contribution is 2.37. The van der Waals surface area contributed by atoms with Crippen molar-refractivity contribution in [3.63, 3.8) is 0 Å². The van der Waals surface area contributed by atoms with E-state index in [1.54, 1.807) is 28.0 Å². The normalized spacial score (nSPS) is 15.2. The highest BCUT2D eigenvalue weighted by Gasteiger charge is 2.34. The molecule has 0 N–H and O–H groups in total. The molecule has 4 aromatic carbocycles. The maximum atomic E-state index is 14.5. The molecule has 0 saturated carbocycles. The molecule has 0 aliphatic carbocycles. The van der Waals surface area contributed by atoms with E-state index in [9.17, 15) is 14.0 Å². The zero-order valence-corrected chi connectivity index (χ0v) is 24.5. The van der Waals surface area contributed by atoms with Gasteiger partial charge in [-0.1, -0.05) is 83.5 Å². The number of hydrogen-bond donors (Lipinski definition) is 0.